The Morgan fingerprint density at radius 3 is 3.00 bits per heavy atom. The van der Waals surface area contributed by atoms with Crippen molar-refractivity contribution >= 4 is 33.9 Å². The summed E-state index contributed by atoms with van der Waals surface area (Å²) in [6.45, 7) is 1.58. The summed E-state index contributed by atoms with van der Waals surface area (Å²) in [6, 6.07) is 4.35. The topological polar surface area (TPSA) is 137 Å². The number of hydrogen-bond donors (Lipinski definition) is 2. The normalized spacial score (nSPS) is 11.2. The highest BCUT2D eigenvalue weighted by molar-refractivity contribution is 9.10. The van der Waals surface area contributed by atoms with Gasteiger partial charge in [0.2, 0.25) is 11.6 Å². The van der Waals surface area contributed by atoms with Crippen molar-refractivity contribution in [1.82, 2.24) is 30.7 Å². The van der Waals surface area contributed by atoms with Gasteiger partial charge in [-0.1, -0.05) is 21.1 Å². The first kappa shape index (κ1) is 16.7. The Bertz CT molecular complexity index is 967. The lowest BCUT2D eigenvalue weighted by Gasteiger charge is -2.00. The number of carbonyl (C=O) groups excluding carboxylic acids is 1. The zero-order valence-electron chi connectivity index (χ0n) is 12.6. The van der Waals surface area contributed by atoms with Gasteiger partial charge in [0.1, 0.15) is 5.82 Å². The summed E-state index contributed by atoms with van der Waals surface area (Å²) in [7, 11) is 0. The van der Waals surface area contributed by atoms with Crippen molar-refractivity contribution in [3.8, 4) is 5.82 Å². The predicted molar refractivity (Wildman–Crippen MR) is 87.5 cm³/mol. The lowest BCUT2D eigenvalue weighted by molar-refractivity contribution is 0.0949. The smallest absolute Gasteiger partial charge is 0.293 e. The summed E-state index contributed by atoms with van der Waals surface area (Å²) in [5, 5.41) is 18.3. The summed E-state index contributed by atoms with van der Waals surface area (Å²) in [5.41, 5.74) is 8.38. The molecule has 2 aromatic heterocycles. The van der Waals surface area contributed by atoms with E-state index in [4.69, 9.17) is 5.73 Å². The number of carbonyl (C=O) groups is 1. The fourth-order valence-corrected chi connectivity index (χ4v) is 2.28. The number of nitrogens with one attached hydrogen (secondary N) is 1. The lowest BCUT2D eigenvalue weighted by atomic mass is 10.2. The van der Waals surface area contributed by atoms with Crippen LogP contribution in [0.3, 0.4) is 0 Å². The summed E-state index contributed by atoms with van der Waals surface area (Å²) in [6.07, 6.45) is 1.18. The van der Waals surface area contributed by atoms with E-state index in [0.29, 0.717) is 10.2 Å². The van der Waals surface area contributed by atoms with Crippen LogP contribution in [0, 0.1) is 12.7 Å². The highest BCUT2D eigenvalue weighted by atomic mass is 79.9. The molecular weight excluding hydrogens is 399 g/mol. The first-order chi connectivity index (χ1) is 12.0. The number of hydrogen-bond acceptors (Lipinski definition) is 8. The molecule has 25 heavy (non-hydrogen) atoms. The van der Waals surface area contributed by atoms with E-state index < -0.39 is 11.7 Å². The molecule has 12 heteroatoms. The van der Waals surface area contributed by atoms with E-state index in [9.17, 15) is 9.18 Å². The molecule has 0 unspecified atom stereocenters. The third-order valence-corrected chi connectivity index (χ3v) is 3.63. The summed E-state index contributed by atoms with van der Waals surface area (Å²) < 4.78 is 20.0. The number of benzene rings is 1. The molecule has 0 atom stereocenters. The quantitative estimate of drug-likeness (QED) is 0.488. The van der Waals surface area contributed by atoms with Crippen LogP contribution in [0.2, 0.25) is 0 Å². The maximum Gasteiger partial charge on any atom is 0.293 e. The molecule has 0 aliphatic carbocycles. The van der Waals surface area contributed by atoms with Crippen LogP contribution in [0.4, 0.5) is 10.2 Å². The highest BCUT2D eigenvalue weighted by Crippen LogP contribution is 2.15. The van der Waals surface area contributed by atoms with E-state index in [1.165, 1.54) is 23.0 Å². The van der Waals surface area contributed by atoms with Gasteiger partial charge in [0, 0.05) is 10.0 Å². The van der Waals surface area contributed by atoms with Gasteiger partial charge in [-0.25, -0.2) is 14.4 Å². The van der Waals surface area contributed by atoms with Crippen molar-refractivity contribution in [2.75, 3.05) is 5.73 Å². The number of amides is 1. The van der Waals surface area contributed by atoms with Gasteiger partial charge in [0.05, 0.1) is 11.9 Å². The number of anilines is 1. The Hall–Kier alpha value is -3.15. The molecule has 2 heterocycles. The number of rotatable bonds is 4. The molecular formula is C13H10BrFN8O2. The minimum atomic E-state index is -0.634. The molecule has 1 amide bonds. The zero-order chi connectivity index (χ0) is 18.0. The molecule has 0 fully saturated rings. The Morgan fingerprint density at radius 2 is 2.28 bits per heavy atom. The van der Waals surface area contributed by atoms with Gasteiger partial charge in [0.25, 0.3) is 5.91 Å². The summed E-state index contributed by atoms with van der Waals surface area (Å²) in [5.74, 6) is -0.991. The fourth-order valence-electron chi connectivity index (χ4n) is 1.90. The van der Waals surface area contributed by atoms with Crippen molar-refractivity contribution in [2.24, 2.45) is 5.10 Å². The van der Waals surface area contributed by atoms with Crippen LogP contribution in [-0.2, 0) is 0 Å². The van der Waals surface area contributed by atoms with Crippen LogP contribution >= 0.6 is 15.9 Å². The number of nitrogens with two attached hydrogens (primary N) is 1. The first-order valence-corrected chi connectivity index (χ1v) is 7.56. The van der Waals surface area contributed by atoms with Crippen molar-refractivity contribution in [1.29, 1.82) is 0 Å². The zero-order valence-corrected chi connectivity index (χ0v) is 14.2. The molecule has 10 nitrogen and oxygen atoms in total. The highest BCUT2D eigenvalue weighted by Gasteiger charge is 2.20. The van der Waals surface area contributed by atoms with Crippen LogP contribution in [0.5, 0.6) is 0 Å². The van der Waals surface area contributed by atoms with E-state index in [2.05, 4.69) is 51.7 Å². The standard InChI is InChI=1S/C13H10BrFN8O2/c1-6-10(18-22-23(6)12-11(16)20-25-21-12)13(24)19-17-5-7-4-8(14)2-3-9(7)15/h2-5H,1H3,(H2,16,20)(H,19,24)/b17-5+. The molecule has 0 radical (unpaired) electrons. The van der Waals surface area contributed by atoms with Crippen molar-refractivity contribution in [2.45, 2.75) is 6.92 Å². The summed E-state index contributed by atoms with van der Waals surface area (Å²) >= 11 is 3.23. The van der Waals surface area contributed by atoms with Crippen LogP contribution in [-0.4, -0.2) is 37.4 Å². The molecule has 0 aliphatic heterocycles. The van der Waals surface area contributed by atoms with Gasteiger partial charge in [0.15, 0.2) is 5.69 Å². The Labute approximate surface area is 148 Å². The number of halogens is 2. The molecule has 3 rings (SSSR count). The second kappa shape index (κ2) is 6.76. The van der Waals surface area contributed by atoms with Crippen molar-refractivity contribution in [3.63, 3.8) is 0 Å². The second-order valence-corrected chi connectivity index (χ2v) is 5.69. The van der Waals surface area contributed by atoms with Gasteiger partial charge in [-0.05, 0) is 35.4 Å². The van der Waals surface area contributed by atoms with Gasteiger partial charge < -0.3 is 5.73 Å². The Balaban J connectivity index is 1.76. The van der Waals surface area contributed by atoms with Gasteiger partial charge >= 0.3 is 0 Å². The molecule has 0 saturated heterocycles. The Morgan fingerprint density at radius 1 is 1.48 bits per heavy atom. The minimum absolute atomic E-state index is 0.00288. The van der Waals surface area contributed by atoms with E-state index in [0.717, 1.165) is 0 Å². The second-order valence-electron chi connectivity index (χ2n) is 4.77. The molecule has 128 valence electrons. The first-order valence-electron chi connectivity index (χ1n) is 6.76. The van der Waals surface area contributed by atoms with Crippen LogP contribution < -0.4 is 11.2 Å². The SMILES string of the molecule is Cc1c(C(=O)N/N=C/c2cc(Br)ccc2F)nnn1-c1nonc1N. The van der Waals surface area contributed by atoms with Crippen molar-refractivity contribution in [3.05, 3.63) is 45.4 Å². The van der Waals surface area contributed by atoms with E-state index in [1.807, 2.05) is 0 Å². The van der Waals surface area contributed by atoms with Gasteiger partial charge in [-0.15, -0.1) is 5.10 Å². The summed E-state index contributed by atoms with van der Waals surface area (Å²) in [4.78, 5) is 12.1. The van der Waals surface area contributed by atoms with E-state index >= 15 is 0 Å². The van der Waals surface area contributed by atoms with Crippen molar-refractivity contribution < 1.29 is 13.8 Å². The number of nitrogen functional groups attached to an aromatic ring is 1. The molecule has 1 aromatic carbocycles. The van der Waals surface area contributed by atoms with Crippen LogP contribution in [0.25, 0.3) is 5.82 Å². The van der Waals surface area contributed by atoms with Crippen LogP contribution in [0.1, 0.15) is 21.7 Å². The number of aromatic nitrogens is 5. The minimum Gasteiger partial charge on any atom is -0.378 e. The fraction of sp³-hybridized carbons (Fsp3) is 0.0769. The number of nitrogens with zero attached hydrogens (tertiary/aromatic N) is 6. The molecule has 3 aromatic rings. The molecule has 0 saturated carbocycles. The van der Waals surface area contributed by atoms with E-state index in [-0.39, 0.29) is 22.9 Å². The molecule has 0 bridgehead atoms. The lowest BCUT2D eigenvalue weighted by Crippen LogP contribution is -2.19. The van der Waals surface area contributed by atoms with Crippen LogP contribution in [0.15, 0.2) is 32.4 Å². The number of hydrazone groups is 1. The molecule has 0 spiro atoms. The Kier molecular flexibility index (Phi) is 4.52. The third-order valence-electron chi connectivity index (χ3n) is 3.13. The maximum absolute atomic E-state index is 13.6. The molecule has 0 aliphatic rings. The average Bonchev–Trinajstić information content (AvgIpc) is 3.16. The third kappa shape index (κ3) is 3.38. The predicted octanol–water partition coefficient (Wildman–Crippen LogP) is 1.21. The molecule has 3 N–H and O–H groups in total. The average molecular weight is 409 g/mol. The van der Waals surface area contributed by atoms with Gasteiger partial charge in [-0.2, -0.15) is 9.78 Å². The van der Waals surface area contributed by atoms with E-state index in [1.54, 1.807) is 13.0 Å². The largest absolute Gasteiger partial charge is 0.378 e. The maximum atomic E-state index is 13.6. The monoisotopic (exact) mass is 408 g/mol. The van der Waals surface area contributed by atoms with Gasteiger partial charge in [-0.3, -0.25) is 4.79 Å².